The van der Waals surface area contributed by atoms with Crippen LogP contribution in [0.4, 0.5) is 0 Å². The Labute approximate surface area is 141 Å². The Morgan fingerprint density at radius 1 is 1.33 bits per heavy atom. The molecule has 24 heavy (non-hydrogen) atoms. The highest BCUT2D eigenvalue weighted by Crippen LogP contribution is 2.37. The molecule has 7 heteroatoms. The molecule has 1 unspecified atom stereocenters. The second-order valence-electron chi connectivity index (χ2n) is 7.14. The van der Waals surface area contributed by atoms with Gasteiger partial charge in [-0.1, -0.05) is 0 Å². The highest BCUT2D eigenvalue weighted by Gasteiger charge is 2.30. The first-order valence-corrected chi connectivity index (χ1v) is 9.05. The van der Waals surface area contributed by atoms with Crippen LogP contribution in [0.15, 0.2) is 6.33 Å². The molecular formula is C17H25N5O2. The van der Waals surface area contributed by atoms with Gasteiger partial charge >= 0.3 is 0 Å². The van der Waals surface area contributed by atoms with Crippen LogP contribution in [-0.4, -0.2) is 51.9 Å². The number of carbonyl (C=O) groups excluding carboxylic acids is 2. The first-order valence-electron chi connectivity index (χ1n) is 9.05. The fourth-order valence-electron chi connectivity index (χ4n) is 3.71. The van der Waals surface area contributed by atoms with E-state index in [0.29, 0.717) is 19.1 Å². The predicted octanol–water partition coefficient (Wildman–Crippen LogP) is 0.361. The van der Waals surface area contributed by atoms with Crippen molar-refractivity contribution in [3.05, 3.63) is 17.7 Å². The molecule has 1 aliphatic carbocycles. The van der Waals surface area contributed by atoms with Crippen molar-refractivity contribution in [3.8, 4) is 0 Å². The molecule has 1 saturated heterocycles. The van der Waals surface area contributed by atoms with Crippen LogP contribution in [0.5, 0.6) is 0 Å². The number of amides is 2. The van der Waals surface area contributed by atoms with E-state index in [0.717, 1.165) is 44.5 Å². The third kappa shape index (κ3) is 3.31. The van der Waals surface area contributed by atoms with Gasteiger partial charge < -0.3 is 15.2 Å². The van der Waals surface area contributed by atoms with Gasteiger partial charge in [-0.2, -0.15) is 0 Å². The van der Waals surface area contributed by atoms with Crippen molar-refractivity contribution in [3.63, 3.8) is 0 Å². The van der Waals surface area contributed by atoms with E-state index < -0.39 is 0 Å². The maximum Gasteiger partial charge on any atom is 0.242 e. The summed E-state index contributed by atoms with van der Waals surface area (Å²) in [6, 6.07) is 0.277. The third-order valence-corrected chi connectivity index (χ3v) is 5.20. The fraction of sp³-hybridized carbons (Fsp3) is 0.706. The third-order valence-electron chi connectivity index (χ3n) is 5.20. The number of aromatic nitrogens is 2. The number of fused-ring (bicyclic) bond motifs is 1. The molecule has 1 aromatic heterocycles. The topological polar surface area (TPSA) is 79.3 Å². The number of nitrogens with one attached hydrogen (secondary N) is 2. The zero-order valence-electron chi connectivity index (χ0n) is 14.0. The average Bonchev–Trinajstić information content (AvgIpc) is 3.35. The maximum atomic E-state index is 12.3. The SMILES string of the molecule is O=C(CN1CCc2c(ncn2C2CC2)C1)NC1CCCCNC1=O. The van der Waals surface area contributed by atoms with Crippen LogP contribution in [0.3, 0.4) is 0 Å². The quantitative estimate of drug-likeness (QED) is 0.835. The molecule has 2 aliphatic heterocycles. The molecule has 3 heterocycles. The molecule has 1 aromatic rings. The zero-order valence-corrected chi connectivity index (χ0v) is 14.0. The van der Waals surface area contributed by atoms with Crippen LogP contribution in [0.1, 0.15) is 49.5 Å². The Morgan fingerprint density at radius 2 is 2.21 bits per heavy atom. The van der Waals surface area contributed by atoms with Crippen molar-refractivity contribution < 1.29 is 9.59 Å². The standard InChI is InChI=1S/C17H25N5O2/c23-16(20-13-3-1-2-7-18-17(13)24)10-21-8-6-15-14(9-21)19-11-22(15)12-4-5-12/h11-13H,1-10H2,(H,18,24)(H,20,23). The van der Waals surface area contributed by atoms with Gasteiger partial charge in [-0.15, -0.1) is 0 Å². The lowest BCUT2D eigenvalue weighted by Crippen LogP contribution is -2.49. The molecule has 7 nitrogen and oxygen atoms in total. The van der Waals surface area contributed by atoms with Gasteiger partial charge in [0.25, 0.3) is 0 Å². The minimum Gasteiger partial charge on any atom is -0.354 e. The molecule has 2 fully saturated rings. The second kappa shape index (κ2) is 6.55. The fourth-order valence-corrected chi connectivity index (χ4v) is 3.71. The molecule has 2 amide bonds. The largest absolute Gasteiger partial charge is 0.354 e. The van der Waals surface area contributed by atoms with Gasteiger partial charge in [0, 0.05) is 37.8 Å². The smallest absolute Gasteiger partial charge is 0.242 e. The Balaban J connectivity index is 1.32. The normalized spacial score (nSPS) is 24.8. The Hall–Kier alpha value is -1.89. The summed E-state index contributed by atoms with van der Waals surface area (Å²) in [4.78, 5) is 30.9. The Kier molecular flexibility index (Phi) is 4.26. The maximum absolute atomic E-state index is 12.3. The van der Waals surface area contributed by atoms with E-state index in [1.165, 1.54) is 18.5 Å². The Bertz CT molecular complexity index is 637. The Morgan fingerprint density at radius 3 is 3.04 bits per heavy atom. The first-order chi connectivity index (χ1) is 11.7. The van der Waals surface area contributed by atoms with E-state index in [4.69, 9.17) is 0 Å². The van der Waals surface area contributed by atoms with Gasteiger partial charge in [0.05, 0.1) is 18.6 Å². The van der Waals surface area contributed by atoms with E-state index >= 15 is 0 Å². The summed E-state index contributed by atoms with van der Waals surface area (Å²) in [5.74, 6) is -0.118. The number of nitrogens with zero attached hydrogens (tertiary/aromatic N) is 3. The lowest BCUT2D eigenvalue weighted by molar-refractivity contribution is -0.129. The minimum absolute atomic E-state index is 0.0510. The van der Waals surface area contributed by atoms with Crippen LogP contribution in [0.2, 0.25) is 0 Å². The van der Waals surface area contributed by atoms with E-state index in [1.807, 2.05) is 6.33 Å². The van der Waals surface area contributed by atoms with Gasteiger partial charge in [0.1, 0.15) is 6.04 Å². The van der Waals surface area contributed by atoms with E-state index in [-0.39, 0.29) is 17.9 Å². The monoisotopic (exact) mass is 331 g/mol. The summed E-state index contributed by atoms with van der Waals surface area (Å²) in [5, 5.41) is 5.75. The molecular weight excluding hydrogens is 306 g/mol. The summed E-state index contributed by atoms with van der Waals surface area (Å²) in [7, 11) is 0. The van der Waals surface area contributed by atoms with Crippen LogP contribution >= 0.6 is 0 Å². The van der Waals surface area contributed by atoms with Gasteiger partial charge in [-0.05, 0) is 32.1 Å². The predicted molar refractivity (Wildman–Crippen MR) is 88.3 cm³/mol. The van der Waals surface area contributed by atoms with Crippen molar-refractivity contribution in [2.75, 3.05) is 19.6 Å². The molecule has 3 aliphatic rings. The van der Waals surface area contributed by atoms with Crippen LogP contribution < -0.4 is 10.6 Å². The van der Waals surface area contributed by atoms with Crippen LogP contribution in [0, 0.1) is 0 Å². The molecule has 4 rings (SSSR count). The van der Waals surface area contributed by atoms with E-state index in [9.17, 15) is 9.59 Å². The summed E-state index contributed by atoms with van der Waals surface area (Å²) < 4.78 is 2.32. The molecule has 0 radical (unpaired) electrons. The van der Waals surface area contributed by atoms with E-state index in [1.54, 1.807) is 0 Å². The van der Waals surface area contributed by atoms with Crippen molar-refractivity contribution >= 4 is 11.8 Å². The highest BCUT2D eigenvalue weighted by atomic mass is 16.2. The highest BCUT2D eigenvalue weighted by molar-refractivity contribution is 5.88. The molecule has 2 N–H and O–H groups in total. The van der Waals surface area contributed by atoms with Crippen molar-refractivity contribution in [1.29, 1.82) is 0 Å². The number of hydrogen-bond donors (Lipinski definition) is 2. The second-order valence-corrected chi connectivity index (χ2v) is 7.14. The number of rotatable bonds is 4. The van der Waals surface area contributed by atoms with Crippen LogP contribution in [-0.2, 0) is 22.6 Å². The van der Waals surface area contributed by atoms with Gasteiger partial charge in [-0.3, -0.25) is 14.5 Å². The van der Waals surface area contributed by atoms with Gasteiger partial charge in [0.2, 0.25) is 11.8 Å². The molecule has 1 atom stereocenters. The number of carbonyl (C=O) groups is 2. The average molecular weight is 331 g/mol. The van der Waals surface area contributed by atoms with Crippen LogP contribution in [0.25, 0.3) is 0 Å². The molecule has 1 saturated carbocycles. The van der Waals surface area contributed by atoms with E-state index in [2.05, 4.69) is 25.1 Å². The number of imidazole rings is 1. The summed E-state index contributed by atoms with van der Waals surface area (Å²) in [6.07, 6.45) is 8.11. The van der Waals surface area contributed by atoms with Gasteiger partial charge in [0.15, 0.2) is 0 Å². The summed E-state index contributed by atoms with van der Waals surface area (Å²) >= 11 is 0. The molecule has 0 aromatic carbocycles. The summed E-state index contributed by atoms with van der Waals surface area (Å²) in [5.41, 5.74) is 2.45. The minimum atomic E-state index is -0.380. The summed E-state index contributed by atoms with van der Waals surface area (Å²) in [6.45, 7) is 2.64. The van der Waals surface area contributed by atoms with Crippen molar-refractivity contribution in [2.24, 2.45) is 0 Å². The van der Waals surface area contributed by atoms with Crippen molar-refractivity contribution in [2.45, 2.75) is 57.2 Å². The molecule has 130 valence electrons. The lowest BCUT2D eigenvalue weighted by Gasteiger charge is -2.27. The number of hydrogen-bond acceptors (Lipinski definition) is 4. The molecule has 0 spiro atoms. The lowest BCUT2D eigenvalue weighted by atomic mass is 10.1. The molecule has 0 bridgehead atoms. The first kappa shape index (κ1) is 15.6. The van der Waals surface area contributed by atoms with Gasteiger partial charge in [-0.25, -0.2) is 4.98 Å². The zero-order chi connectivity index (χ0) is 16.5. The van der Waals surface area contributed by atoms with Crippen molar-refractivity contribution in [1.82, 2.24) is 25.1 Å².